The van der Waals surface area contributed by atoms with Crippen LogP contribution < -0.4 is 5.56 Å². The minimum atomic E-state index is -0.535. The van der Waals surface area contributed by atoms with Crippen LogP contribution in [0, 0.1) is 17.0 Å². The molecule has 1 N–H and O–H groups in total. The van der Waals surface area contributed by atoms with Gasteiger partial charge in [-0.2, -0.15) is 0 Å². The predicted octanol–water partition coefficient (Wildman–Crippen LogP) is 2.81. The SMILES string of the molecule is Cc1ccc(-c2nc3ccc([N+](=O)[O-])cc3c(=O)[nH]2)cc1. The molecule has 0 bridgehead atoms. The second-order valence-electron chi connectivity index (χ2n) is 4.74. The number of nitro benzene ring substituents is 1. The van der Waals surface area contributed by atoms with Crippen LogP contribution in [0.1, 0.15) is 5.56 Å². The zero-order chi connectivity index (χ0) is 15.0. The van der Waals surface area contributed by atoms with Gasteiger partial charge in [0.05, 0.1) is 15.8 Å². The Bertz CT molecular complexity index is 898. The number of nitro groups is 1. The zero-order valence-electron chi connectivity index (χ0n) is 11.2. The number of non-ortho nitro benzene ring substituents is 1. The molecule has 1 aromatic heterocycles. The maximum absolute atomic E-state index is 12.1. The Kier molecular flexibility index (Phi) is 2.98. The molecule has 0 radical (unpaired) electrons. The molecule has 0 unspecified atom stereocenters. The van der Waals surface area contributed by atoms with Crippen molar-refractivity contribution in [1.29, 1.82) is 0 Å². The molecule has 3 aromatic rings. The third-order valence-corrected chi connectivity index (χ3v) is 3.22. The van der Waals surface area contributed by atoms with Crippen molar-refractivity contribution in [3.05, 3.63) is 68.5 Å². The van der Waals surface area contributed by atoms with E-state index in [-0.39, 0.29) is 16.6 Å². The molecule has 2 aromatic carbocycles. The molecule has 0 aliphatic heterocycles. The first-order chi connectivity index (χ1) is 10.0. The summed E-state index contributed by atoms with van der Waals surface area (Å²) in [6.45, 7) is 1.97. The standard InChI is InChI=1S/C15H11N3O3/c1-9-2-4-10(5-3-9)14-16-13-7-6-11(18(20)21)8-12(13)15(19)17-14/h2-8H,1H3,(H,16,17,19). The molecule has 6 nitrogen and oxygen atoms in total. The molecule has 104 valence electrons. The maximum atomic E-state index is 12.1. The normalized spacial score (nSPS) is 10.7. The summed E-state index contributed by atoms with van der Waals surface area (Å²) in [5, 5.41) is 11.0. The van der Waals surface area contributed by atoms with Crippen LogP contribution in [-0.2, 0) is 0 Å². The highest BCUT2D eigenvalue weighted by Gasteiger charge is 2.11. The zero-order valence-corrected chi connectivity index (χ0v) is 11.2. The lowest BCUT2D eigenvalue weighted by molar-refractivity contribution is -0.384. The van der Waals surface area contributed by atoms with E-state index in [0.29, 0.717) is 11.3 Å². The first kappa shape index (κ1) is 13.0. The third kappa shape index (κ3) is 2.38. The van der Waals surface area contributed by atoms with E-state index >= 15 is 0 Å². The van der Waals surface area contributed by atoms with Crippen molar-refractivity contribution in [2.75, 3.05) is 0 Å². The van der Waals surface area contributed by atoms with E-state index in [4.69, 9.17) is 0 Å². The van der Waals surface area contributed by atoms with Crippen LogP contribution in [0.5, 0.6) is 0 Å². The summed E-state index contributed by atoms with van der Waals surface area (Å²) < 4.78 is 0. The molecule has 0 aliphatic rings. The number of nitrogens with zero attached hydrogens (tertiary/aromatic N) is 2. The Morgan fingerprint density at radius 2 is 1.86 bits per heavy atom. The smallest absolute Gasteiger partial charge is 0.270 e. The Morgan fingerprint density at radius 3 is 2.52 bits per heavy atom. The Balaban J connectivity index is 2.20. The van der Waals surface area contributed by atoms with Gasteiger partial charge in [-0.05, 0) is 13.0 Å². The third-order valence-electron chi connectivity index (χ3n) is 3.22. The van der Waals surface area contributed by atoms with Gasteiger partial charge in [-0.1, -0.05) is 29.8 Å². The number of benzene rings is 2. The van der Waals surface area contributed by atoms with Crippen molar-refractivity contribution >= 4 is 16.6 Å². The van der Waals surface area contributed by atoms with Crippen molar-refractivity contribution < 1.29 is 4.92 Å². The molecular formula is C15H11N3O3. The molecule has 0 amide bonds. The summed E-state index contributed by atoms with van der Waals surface area (Å²) in [6, 6.07) is 11.6. The van der Waals surface area contributed by atoms with Gasteiger partial charge in [0, 0.05) is 17.7 Å². The number of aromatic amines is 1. The second kappa shape index (κ2) is 4.82. The van der Waals surface area contributed by atoms with Gasteiger partial charge in [0.15, 0.2) is 0 Å². The van der Waals surface area contributed by atoms with Crippen molar-refractivity contribution in [1.82, 2.24) is 9.97 Å². The molecule has 0 spiro atoms. The summed E-state index contributed by atoms with van der Waals surface area (Å²) in [6.07, 6.45) is 0. The molecule has 0 aliphatic carbocycles. The number of hydrogen-bond acceptors (Lipinski definition) is 4. The van der Waals surface area contributed by atoms with Crippen LogP contribution in [0.4, 0.5) is 5.69 Å². The van der Waals surface area contributed by atoms with E-state index in [1.165, 1.54) is 18.2 Å². The van der Waals surface area contributed by atoms with Crippen molar-refractivity contribution in [2.24, 2.45) is 0 Å². The quantitative estimate of drug-likeness (QED) is 0.577. The van der Waals surface area contributed by atoms with Crippen LogP contribution in [0.2, 0.25) is 0 Å². The van der Waals surface area contributed by atoms with Crippen LogP contribution in [0.3, 0.4) is 0 Å². The lowest BCUT2D eigenvalue weighted by atomic mass is 10.1. The van der Waals surface area contributed by atoms with Gasteiger partial charge in [0.2, 0.25) is 0 Å². The van der Waals surface area contributed by atoms with Gasteiger partial charge < -0.3 is 4.98 Å². The highest BCUT2D eigenvalue weighted by Crippen LogP contribution is 2.20. The fraction of sp³-hybridized carbons (Fsp3) is 0.0667. The number of nitrogens with one attached hydrogen (secondary N) is 1. The Morgan fingerprint density at radius 1 is 1.14 bits per heavy atom. The number of aryl methyl sites for hydroxylation is 1. The van der Waals surface area contributed by atoms with Crippen LogP contribution >= 0.6 is 0 Å². The summed E-state index contributed by atoms with van der Waals surface area (Å²) in [5.41, 5.74) is 1.81. The first-order valence-electron chi connectivity index (χ1n) is 6.30. The highest BCUT2D eigenvalue weighted by atomic mass is 16.6. The second-order valence-corrected chi connectivity index (χ2v) is 4.74. The number of hydrogen-bond donors (Lipinski definition) is 1. The van der Waals surface area contributed by atoms with Gasteiger partial charge in [0.1, 0.15) is 5.82 Å². The first-order valence-corrected chi connectivity index (χ1v) is 6.30. The van der Waals surface area contributed by atoms with Gasteiger partial charge in [-0.25, -0.2) is 4.98 Å². The predicted molar refractivity (Wildman–Crippen MR) is 79.2 cm³/mol. The fourth-order valence-electron chi connectivity index (χ4n) is 2.09. The van der Waals surface area contributed by atoms with Crippen LogP contribution in [0.15, 0.2) is 47.3 Å². The Labute approximate surface area is 119 Å². The number of rotatable bonds is 2. The Hall–Kier alpha value is -3.02. The highest BCUT2D eigenvalue weighted by molar-refractivity contribution is 5.81. The molecule has 0 saturated heterocycles. The molecule has 1 heterocycles. The van der Waals surface area contributed by atoms with E-state index in [2.05, 4.69) is 9.97 Å². The average molecular weight is 281 g/mol. The molecule has 0 fully saturated rings. The van der Waals surface area contributed by atoms with Crippen molar-refractivity contribution in [3.63, 3.8) is 0 Å². The summed E-state index contributed by atoms with van der Waals surface area (Å²) in [5.74, 6) is 0.446. The fourth-order valence-corrected chi connectivity index (χ4v) is 2.09. The molecule has 6 heteroatoms. The summed E-state index contributed by atoms with van der Waals surface area (Å²) in [4.78, 5) is 29.3. The van der Waals surface area contributed by atoms with Crippen molar-refractivity contribution in [3.8, 4) is 11.4 Å². The largest absolute Gasteiger partial charge is 0.306 e. The van der Waals surface area contributed by atoms with Crippen LogP contribution in [-0.4, -0.2) is 14.9 Å². The number of fused-ring (bicyclic) bond motifs is 1. The summed E-state index contributed by atoms with van der Waals surface area (Å²) in [7, 11) is 0. The summed E-state index contributed by atoms with van der Waals surface area (Å²) >= 11 is 0. The molecule has 0 atom stereocenters. The van der Waals surface area contributed by atoms with Gasteiger partial charge in [-0.3, -0.25) is 14.9 Å². The van der Waals surface area contributed by atoms with E-state index < -0.39 is 4.92 Å². The molecule has 21 heavy (non-hydrogen) atoms. The molecular weight excluding hydrogens is 270 g/mol. The molecule has 0 saturated carbocycles. The minimum absolute atomic E-state index is 0.127. The van der Waals surface area contributed by atoms with Gasteiger partial charge in [0.25, 0.3) is 11.2 Å². The van der Waals surface area contributed by atoms with Gasteiger partial charge >= 0.3 is 0 Å². The van der Waals surface area contributed by atoms with E-state index in [1.807, 2.05) is 31.2 Å². The lowest BCUT2D eigenvalue weighted by Gasteiger charge is -2.03. The molecule has 3 rings (SSSR count). The maximum Gasteiger partial charge on any atom is 0.270 e. The number of H-pyrrole nitrogens is 1. The van der Waals surface area contributed by atoms with E-state index in [0.717, 1.165) is 11.1 Å². The topological polar surface area (TPSA) is 88.9 Å². The average Bonchev–Trinajstić information content (AvgIpc) is 2.47. The monoisotopic (exact) mass is 281 g/mol. The number of aromatic nitrogens is 2. The van der Waals surface area contributed by atoms with E-state index in [9.17, 15) is 14.9 Å². The van der Waals surface area contributed by atoms with Gasteiger partial charge in [-0.15, -0.1) is 0 Å². The van der Waals surface area contributed by atoms with Crippen molar-refractivity contribution in [2.45, 2.75) is 6.92 Å². The lowest BCUT2D eigenvalue weighted by Crippen LogP contribution is -2.09. The minimum Gasteiger partial charge on any atom is -0.306 e. The van der Waals surface area contributed by atoms with Crippen LogP contribution in [0.25, 0.3) is 22.3 Å². The van der Waals surface area contributed by atoms with E-state index in [1.54, 1.807) is 0 Å².